The van der Waals surface area contributed by atoms with E-state index in [2.05, 4.69) is 58.5 Å². The van der Waals surface area contributed by atoms with Crippen molar-refractivity contribution in [3.05, 3.63) is 78.1 Å². The minimum absolute atomic E-state index is 0.605. The van der Waals surface area contributed by atoms with Crippen LogP contribution >= 0.6 is 11.3 Å². The Hall–Kier alpha value is -2.72. The highest BCUT2D eigenvalue weighted by molar-refractivity contribution is 7.22. The van der Waals surface area contributed by atoms with E-state index in [4.69, 9.17) is 5.73 Å². The molecule has 0 aliphatic rings. The van der Waals surface area contributed by atoms with Crippen LogP contribution in [0, 0.1) is 0 Å². The van der Waals surface area contributed by atoms with Crippen LogP contribution in [0.2, 0.25) is 0 Å². The second-order valence-electron chi connectivity index (χ2n) is 5.44. The average molecular weight is 347 g/mol. The smallest absolute Gasteiger partial charge is 0.181 e. The molecule has 2 aromatic carbocycles. The van der Waals surface area contributed by atoms with E-state index in [9.17, 15) is 0 Å². The normalized spacial score (nSPS) is 10.3. The maximum absolute atomic E-state index is 5.77. The van der Waals surface area contributed by atoms with E-state index < -0.39 is 0 Å². The van der Waals surface area contributed by atoms with Gasteiger partial charge in [-0.25, -0.2) is 4.98 Å². The lowest BCUT2D eigenvalue weighted by Gasteiger charge is -2.04. The van der Waals surface area contributed by atoms with Crippen LogP contribution in [0.1, 0.15) is 25.1 Å². The van der Waals surface area contributed by atoms with Gasteiger partial charge in [0.1, 0.15) is 0 Å². The minimum atomic E-state index is 0.605. The first kappa shape index (κ1) is 17.1. The van der Waals surface area contributed by atoms with E-state index in [0.29, 0.717) is 5.13 Å². The second kappa shape index (κ2) is 7.90. The van der Waals surface area contributed by atoms with Gasteiger partial charge in [0.05, 0.1) is 10.2 Å². The van der Waals surface area contributed by atoms with E-state index in [1.165, 1.54) is 16.9 Å². The third kappa shape index (κ3) is 4.03. The summed E-state index contributed by atoms with van der Waals surface area (Å²) in [7, 11) is 0. The van der Waals surface area contributed by atoms with E-state index in [1.807, 2.05) is 32.2 Å². The molecule has 126 valence electrons. The van der Waals surface area contributed by atoms with Gasteiger partial charge in [0.15, 0.2) is 5.13 Å². The van der Waals surface area contributed by atoms with Gasteiger partial charge in [-0.1, -0.05) is 67.6 Å². The molecule has 4 aromatic rings. The number of pyridine rings is 1. The number of nitrogens with zero attached hydrogens (tertiary/aromatic N) is 2. The third-order valence-electron chi connectivity index (χ3n) is 3.79. The predicted octanol–water partition coefficient (Wildman–Crippen LogP) is 5.56. The van der Waals surface area contributed by atoms with Gasteiger partial charge >= 0.3 is 0 Å². The average Bonchev–Trinajstić information content (AvgIpc) is 3.04. The predicted molar refractivity (Wildman–Crippen MR) is 108 cm³/mol. The van der Waals surface area contributed by atoms with Crippen LogP contribution in [0.4, 0.5) is 5.13 Å². The molecule has 4 heteroatoms. The molecule has 0 spiro atoms. The molecule has 4 rings (SSSR count). The molecule has 2 aromatic heterocycles. The van der Waals surface area contributed by atoms with Crippen LogP contribution in [-0.4, -0.2) is 9.97 Å². The number of hydrogen-bond donors (Lipinski definition) is 1. The summed E-state index contributed by atoms with van der Waals surface area (Å²) in [6.07, 6.45) is 2.79. The molecule has 0 bridgehead atoms. The zero-order valence-electron chi connectivity index (χ0n) is 14.4. The molecule has 2 N–H and O–H groups in total. The number of rotatable bonds is 3. The van der Waals surface area contributed by atoms with Crippen molar-refractivity contribution in [2.45, 2.75) is 20.3 Å². The van der Waals surface area contributed by atoms with Crippen LogP contribution in [0.15, 0.2) is 66.9 Å². The lowest BCUT2D eigenvalue weighted by atomic mass is 10.1. The first-order chi connectivity index (χ1) is 12.3. The Morgan fingerprint density at radius 2 is 1.68 bits per heavy atom. The van der Waals surface area contributed by atoms with Crippen molar-refractivity contribution in [1.82, 2.24) is 9.97 Å². The number of hydrogen-bond acceptors (Lipinski definition) is 4. The number of fused-ring (bicyclic) bond motifs is 1. The summed E-state index contributed by atoms with van der Waals surface area (Å²) in [6, 6.07) is 20.8. The van der Waals surface area contributed by atoms with E-state index in [-0.39, 0.29) is 0 Å². The number of anilines is 1. The second-order valence-corrected chi connectivity index (χ2v) is 6.50. The Balaban J connectivity index is 0.000000880. The molecular weight excluding hydrogens is 326 g/mol. The summed E-state index contributed by atoms with van der Waals surface area (Å²) in [5, 5.41) is 0.605. The van der Waals surface area contributed by atoms with Gasteiger partial charge in [0.25, 0.3) is 0 Å². The monoisotopic (exact) mass is 347 g/mol. The molecular formula is C21H21N3S. The Morgan fingerprint density at radius 3 is 2.40 bits per heavy atom. The summed E-state index contributed by atoms with van der Waals surface area (Å²) in [5.74, 6) is 0. The van der Waals surface area contributed by atoms with Crippen LogP contribution in [-0.2, 0) is 6.42 Å². The summed E-state index contributed by atoms with van der Waals surface area (Å²) in [6.45, 7) is 4.00. The van der Waals surface area contributed by atoms with Crippen LogP contribution in [0.3, 0.4) is 0 Å². The van der Waals surface area contributed by atoms with E-state index >= 15 is 0 Å². The molecule has 3 nitrogen and oxygen atoms in total. The standard InChI is InChI=1S/C19H15N3S.C2H6/c20-19-22-17-9-7-14(11-18(17)23-19)15-6-8-16(21-12-15)10-13-4-2-1-3-5-13;1-2/h1-9,11-12H,10H2,(H2,20,22);1-2H3. The fraction of sp³-hybridized carbons (Fsp3) is 0.143. The molecule has 0 saturated carbocycles. The van der Waals surface area contributed by atoms with Crippen molar-refractivity contribution in [3.8, 4) is 11.1 Å². The van der Waals surface area contributed by atoms with Crippen LogP contribution in [0.25, 0.3) is 21.3 Å². The topological polar surface area (TPSA) is 51.8 Å². The Labute approximate surface area is 152 Å². The minimum Gasteiger partial charge on any atom is -0.375 e. The maximum atomic E-state index is 5.77. The first-order valence-corrected chi connectivity index (χ1v) is 9.25. The van der Waals surface area contributed by atoms with Gasteiger partial charge in [-0.2, -0.15) is 0 Å². The van der Waals surface area contributed by atoms with Gasteiger partial charge in [-0.15, -0.1) is 0 Å². The highest BCUT2D eigenvalue weighted by Crippen LogP contribution is 2.29. The van der Waals surface area contributed by atoms with Crippen LogP contribution in [0.5, 0.6) is 0 Å². The Bertz CT molecular complexity index is 944. The SMILES string of the molecule is CC.Nc1nc2ccc(-c3ccc(Cc4ccccc4)nc3)cc2s1. The summed E-state index contributed by atoms with van der Waals surface area (Å²) in [4.78, 5) is 8.89. The summed E-state index contributed by atoms with van der Waals surface area (Å²) < 4.78 is 1.10. The van der Waals surface area contributed by atoms with Gasteiger partial charge < -0.3 is 5.73 Å². The fourth-order valence-corrected chi connectivity index (χ4v) is 3.40. The molecule has 0 amide bonds. The third-order valence-corrected chi connectivity index (χ3v) is 4.64. The summed E-state index contributed by atoms with van der Waals surface area (Å²) >= 11 is 1.51. The zero-order valence-corrected chi connectivity index (χ0v) is 15.3. The highest BCUT2D eigenvalue weighted by Gasteiger charge is 2.05. The molecule has 0 atom stereocenters. The Morgan fingerprint density at radius 1 is 0.920 bits per heavy atom. The van der Waals surface area contributed by atoms with Gasteiger partial charge in [0.2, 0.25) is 0 Å². The lowest BCUT2D eigenvalue weighted by Crippen LogP contribution is -1.92. The van der Waals surface area contributed by atoms with E-state index in [1.54, 1.807) is 0 Å². The zero-order chi connectivity index (χ0) is 17.6. The number of nitrogens with two attached hydrogens (primary N) is 1. The molecule has 0 aliphatic carbocycles. The largest absolute Gasteiger partial charge is 0.375 e. The van der Waals surface area contributed by atoms with Crippen molar-refractivity contribution >= 4 is 26.7 Å². The van der Waals surface area contributed by atoms with Gasteiger partial charge in [-0.05, 0) is 29.3 Å². The number of thiazole rings is 1. The van der Waals surface area contributed by atoms with Gasteiger partial charge in [-0.3, -0.25) is 4.98 Å². The maximum Gasteiger partial charge on any atom is 0.181 e. The van der Waals surface area contributed by atoms with Crippen molar-refractivity contribution in [1.29, 1.82) is 0 Å². The van der Waals surface area contributed by atoms with Gasteiger partial charge in [0, 0.05) is 23.9 Å². The van der Waals surface area contributed by atoms with E-state index in [0.717, 1.165) is 33.5 Å². The molecule has 0 fully saturated rings. The number of benzene rings is 2. The molecule has 25 heavy (non-hydrogen) atoms. The molecule has 0 saturated heterocycles. The molecule has 0 radical (unpaired) electrons. The van der Waals surface area contributed by atoms with Crippen LogP contribution < -0.4 is 5.73 Å². The fourth-order valence-electron chi connectivity index (χ4n) is 2.63. The lowest BCUT2D eigenvalue weighted by molar-refractivity contribution is 1.08. The van der Waals surface area contributed by atoms with Crippen molar-refractivity contribution in [2.75, 3.05) is 5.73 Å². The van der Waals surface area contributed by atoms with Crippen molar-refractivity contribution in [2.24, 2.45) is 0 Å². The highest BCUT2D eigenvalue weighted by atomic mass is 32.1. The van der Waals surface area contributed by atoms with Crippen molar-refractivity contribution in [3.63, 3.8) is 0 Å². The number of nitrogen functional groups attached to an aromatic ring is 1. The molecule has 0 unspecified atom stereocenters. The van der Waals surface area contributed by atoms with Crippen molar-refractivity contribution < 1.29 is 0 Å². The molecule has 2 heterocycles. The Kier molecular flexibility index (Phi) is 5.41. The first-order valence-electron chi connectivity index (χ1n) is 8.43. The quantitative estimate of drug-likeness (QED) is 0.528. The molecule has 0 aliphatic heterocycles. The summed E-state index contributed by atoms with van der Waals surface area (Å²) in [5.41, 5.74) is 11.3. The number of aromatic nitrogens is 2.